The van der Waals surface area contributed by atoms with E-state index in [0.29, 0.717) is 112 Å². The lowest BCUT2D eigenvalue weighted by Gasteiger charge is -2.26. The molecule has 1 N–H and O–H groups in total. The number of carbonyl (C=O) groups excluding carboxylic acids is 12. The number of hydrogen-bond acceptors (Lipinski definition) is 23. The Hall–Kier alpha value is -13.4. The van der Waals surface area contributed by atoms with Crippen molar-refractivity contribution >= 4 is 103 Å². The van der Waals surface area contributed by atoms with Gasteiger partial charge in [0.15, 0.2) is 28.9 Å². The van der Waals surface area contributed by atoms with E-state index in [1.54, 1.807) is 51.2 Å². The number of aryl methyl sites for hydroxylation is 10. The lowest BCUT2D eigenvalue weighted by molar-refractivity contribution is -0.139. The molecule has 0 radical (unpaired) electrons. The SMILES string of the molecule is CC(=O)c1nn2c3c(cc(-c4cnc(C)nc4)cc13)CCCCCC(=O)CC[C@@]1(F)C[C@@H](C(=O)Cc3nc(C)ccc3C)N(C1)C(=O)C2.CC(=O)c1nn2c3c(cc(-c4cnc(C)nc4)cc13)CCCCCCC(=O)CC[C@@]1(F)C[C@@H](C(=O)Cc3nc(C)ccc3C)N(C1)C(=O)C2.CC(=O)c1nn2c3c(cc(-c4cnc(C)nc4)cc13)CCCCCCC(=O)CC[C@@]1(F)C[C@@H](C(=O)N[C@H](C)[C@H]3CC3(C)C)N(C1)C(=O)C2. The fourth-order valence-electron chi connectivity index (χ4n) is 22.0. The number of rotatable bonds is 15. The number of hydrogen-bond donors (Lipinski definition) is 1. The number of fused-ring (bicyclic) bond motifs is 6. The molecule has 8 aromatic heterocycles. The summed E-state index contributed by atoms with van der Waals surface area (Å²) in [6.07, 6.45) is 22.9. The number of ketones is 8. The van der Waals surface area contributed by atoms with Crippen LogP contribution in [0.3, 0.4) is 0 Å². The van der Waals surface area contributed by atoms with Crippen molar-refractivity contribution in [1.29, 1.82) is 0 Å². The summed E-state index contributed by atoms with van der Waals surface area (Å²) in [6, 6.07) is 16.1. The molecule has 11 aromatic rings. The zero-order valence-electron chi connectivity index (χ0n) is 85.5. The maximum absolute atomic E-state index is 16.6. The minimum Gasteiger partial charge on any atom is -0.352 e. The van der Waals surface area contributed by atoms with Gasteiger partial charge in [-0.15, -0.1) is 0 Å². The summed E-state index contributed by atoms with van der Waals surface area (Å²) in [5.74, 6) is -0.855. The topological polar surface area (TPSA) is 383 Å². The molecule has 4 fully saturated rings. The first-order valence-corrected chi connectivity index (χ1v) is 51.3. The molecule has 6 aliphatic heterocycles. The number of alkyl halides is 3. The average Bonchev–Trinajstić information content (AvgIpc) is 1.59. The van der Waals surface area contributed by atoms with Crippen LogP contribution in [0, 0.1) is 59.8 Å². The minimum absolute atomic E-state index is 0.000189. The Kier molecular flexibility index (Phi) is 31.6. The smallest absolute Gasteiger partial charge is 0.245 e. The molecule has 18 rings (SSSR count). The van der Waals surface area contributed by atoms with Gasteiger partial charge in [-0.25, -0.2) is 43.1 Å². The van der Waals surface area contributed by atoms with Crippen LogP contribution in [-0.2, 0) is 94.9 Å². The van der Waals surface area contributed by atoms with Gasteiger partial charge in [0, 0.05) is 166 Å². The average molecular weight is 1980 g/mol. The summed E-state index contributed by atoms with van der Waals surface area (Å²) in [6.45, 7) is 21.8. The Labute approximate surface area is 842 Å². The Morgan fingerprint density at radius 3 is 0.979 bits per heavy atom. The van der Waals surface area contributed by atoms with Crippen molar-refractivity contribution in [2.24, 2.45) is 11.3 Å². The second kappa shape index (κ2) is 43.9. The van der Waals surface area contributed by atoms with Crippen molar-refractivity contribution in [1.82, 2.24) is 89.2 Å². The lowest BCUT2D eigenvalue weighted by atomic mass is 9.92. The number of carbonyl (C=O) groups is 12. The maximum atomic E-state index is 16.6. The van der Waals surface area contributed by atoms with Gasteiger partial charge in [-0.05, 0) is 243 Å². The number of aromatic nitrogens is 14. The molecular weight excluding hydrogens is 1850 g/mol. The van der Waals surface area contributed by atoms with E-state index in [1.807, 2.05) is 116 Å². The molecule has 30 nitrogen and oxygen atoms in total. The molecule has 0 unspecified atom stereocenters. The van der Waals surface area contributed by atoms with Crippen LogP contribution in [0.1, 0.15) is 295 Å². The van der Waals surface area contributed by atoms with Gasteiger partial charge in [0.25, 0.3) is 0 Å². The number of pyridine rings is 2. The number of benzene rings is 3. The number of Topliss-reactive ketones (excluding diaryl/α,β-unsaturated/α-hetero) is 8. The van der Waals surface area contributed by atoms with Crippen LogP contribution in [-0.4, -0.2) is 215 Å². The van der Waals surface area contributed by atoms with Crippen LogP contribution < -0.4 is 5.32 Å². The normalized spacial score (nSPS) is 22.4. The molecule has 1 saturated carbocycles. The first kappa shape index (κ1) is 104. The monoisotopic (exact) mass is 1980 g/mol. The third-order valence-electron chi connectivity index (χ3n) is 30.3. The summed E-state index contributed by atoms with van der Waals surface area (Å²) in [7, 11) is 0. The van der Waals surface area contributed by atoms with Crippen molar-refractivity contribution in [3.05, 3.63) is 183 Å². The fraction of sp³-hybridized carbons (Fsp3) is 0.509. The predicted octanol–water partition coefficient (Wildman–Crippen LogP) is 17.3. The van der Waals surface area contributed by atoms with Crippen LogP contribution in [0.25, 0.3) is 66.1 Å². The van der Waals surface area contributed by atoms with Gasteiger partial charge in [0.2, 0.25) is 23.6 Å². The molecule has 8 atom stereocenters. The van der Waals surface area contributed by atoms with Crippen LogP contribution in [0.4, 0.5) is 13.2 Å². The second-order valence-electron chi connectivity index (χ2n) is 42.3. The third-order valence-corrected chi connectivity index (χ3v) is 30.3. The quantitative estimate of drug-likeness (QED) is 0.0931. The molecule has 14 heterocycles. The summed E-state index contributed by atoms with van der Waals surface area (Å²) < 4.78 is 54.3. The zero-order chi connectivity index (χ0) is 103. The molecular formula is C112H131F3N18O12. The van der Waals surface area contributed by atoms with Crippen LogP contribution in [0.2, 0.25) is 0 Å². The molecule has 145 heavy (non-hydrogen) atoms. The van der Waals surface area contributed by atoms with Crippen LogP contribution >= 0.6 is 0 Å². The first-order chi connectivity index (χ1) is 69.0. The third kappa shape index (κ3) is 24.4. The van der Waals surface area contributed by atoms with Crippen LogP contribution in [0.5, 0.6) is 0 Å². The van der Waals surface area contributed by atoms with Gasteiger partial charge >= 0.3 is 0 Å². The fourth-order valence-corrected chi connectivity index (χ4v) is 22.0. The van der Waals surface area contributed by atoms with Gasteiger partial charge in [-0.3, -0.25) is 81.5 Å². The number of nitrogens with zero attached hydrogens (tertiary/aromatic N) is 17. The van der Waals surface area contributed by atoms with Gasteiger partial charge in [-0.1, -0.05) is 58.1 Å². The highest BCUT2D eigenvalue weighted by molar-refractivity contribution is 6.10. The summed E-state index contributed by atoms with van der Waals surface area (Å²) >= 11 is 0. The van der Waals surface area contributed by atoms with Crippen molar-refractivity contribution in [3.8, 4) is 33.4 Å². The zero-order valence-corrected chi connectivity index (χ0v) is 85.5. The van der Waals surface area contributed by atoms with Gasteiger partial charge < -0.3 is 20.0 Å². The Balaban J connectivity index is 0.000000156. The standard InChI is InChI=1S/C38H43FN6O4.C37H47FN6O4.C37H41FN6O4/c1-23-11-12-24(2)42-32(23)17-34(48)33-18-38(39)14-13-30(47)10-8-6-5-7-9-27-15-28(29-19-40-26(4)41-20-29)16-31-36(25(3)46)43-45(37(27)31)21-35(49)44(33)22-38;1-22(30-16-36(30,4)5)41-35(48)31-17-37(38)13-12-28(46)11-9-7-6-8-10-25-14-26(27-18-39-24(3)40-19-27)15-29-33(23(2)45)42-44(34(25)29)20-32(47)43(31)21-37;1-22-10-11-23(2)41-31(22)16-33(47)32-17-37(38)13-12-29(46)9-7-5-6-8-26-14-27(28-18-39-25(4)40-19-28)15-30-35(24(3)45)42-44(36(26)30)20-34(48)43(32)21-37/h11-12,15-16,19-20,33H,5-10,13-14,17-18,21-22H2,1-4H3;14-15,18-19,22,30-31H,6-13,16-17,20-21H2,1-5H3,(H,41,48);10-11,14-15,18-19,32H,5-9,12-13,16-17,20-21H2,1-4H3/t33-,38+;22-,30-,31+,37-;32-,37+/m010/s1. The lowest BCUT2D eigenvalue weighted by Crippen LogP contribution is -2.49. The Morgan fingerprint density at radius 1 is 0.386 bits per heavy atom. The molecule has 762 valence electrons. The van der Waals surface area contributed by atoms with E-state index in [-0.39, 0.29) is 191 Å². The number of halogens is 3. The van der Waals surface area contributed by atoms with Crippen molar-refractivity contribution in [2.45, 2.75) is 337 Å². The highest BCUT2D eigenvalue weighted by Crippen LogP contribution is 2.54. The predicted molar refractivity (Wildman–Crippen MR) is 541 cm³/mol. The van der Waals surface area contributed by atoms with E-state index in [4.69, 9.17) is 0 Å². The molecule has 0 spiro atoms. The van der Waals surface area contributed by atoms with Crippen molar-refractivity contribution in [3.63, 3.8) is 0 Å². The second-order valence-corrected chi connectivity index (χ2v) is 42.3. The van der Waals surface area contributed by atoms with Crippen molar-refractivity contribution in [2.75, 3.05) is 19.6 Å². The molecule has 6 bridgehead atoms. The van der Waals surface area contributed by atoms with E-state index < -0.39 is 52.9 Å². The molecule has 33 heteroatoms. The molecule has 3 saturated heterocycles. The summed E-state index contributed by atoms with van der Waals surface area (Å²) in [5.41, 5.74) is 9.23. The van der Waals surface area contributed by atoms with E-state index in [9.17, 15) is 57.5 Å². The first-order valence-electron chi connectivity index (χ1n) is 51.3. The van der Waals surface area contributed by atoms with E-state index in [0.717, 1.165) is 143 Å². The highest BCUT2D eigenvalue weighted by atomic mass is 19.2. The Morgan fingerprint density at radius 2 is 0.676 bits per heavy atom. The minimum atomic E-state index is -1.89. The summed E-state index contributed by atoms with van der Waals surface area (Å²) in [4.78, 5) is 200. The largest absolute Gasteiger partial charge is 0.352 e. The molecule has 3 aromatic carbocycles. The molecule has 4 amide bonds. The maximum Gasteiger partial charge on any atom is 0.245 e. The highest BCUT2D eigenvalue weighted by Gasteiger charge is 2.55. The van der Waals surface area contributed by atoms with Gasteiger partial charge in [0.05, 0.1) is 72.5 Å². The van der Waals surface area contributed by atoms with E-state index in [1.165, 1.54) is 35.5 Å². The van der Waals surface area contributed by atoms with Gasteiger partial charge in [-0.2, -0.15) is 15.3 Å². The molecule has 1 aliphatic carbocycles. The van der Waals surface area contributed by atoms with Gasteiger partial charge in [0.1, 0.15) is 94.6 Å². The summed E-state index contributed by atoms with van der Waals surface area (Å²) in [5, 5.41) is 18.9. The molecule has 7 aliphatic rings. The Bertz CT molecular complexity index is 6890. The van der Waals surface area contributed by atoms with E-state index in [2.05, 4.69) is 74.3 Å². The number of amides is 4. The van der Waals surface area contributed by atoms with E-state index >= 15 is 13.2 Å². The van der Waals surface area contributed by atoms with Crippen molar-refractivity contribution < 1.29 is 70.7 Å². The van der Waals surface area contributed by atoms with Crippen LogP contribution in [0.15, 0.2) is 97.8 Å². The number of nitrogens with one attached hydrogen (secondary N) is 1.